The molecular formula is C13H14N2O4. The maximum absolute atomic E-state index is 12.3. The van der Waals surface area contributed by atoms with Crippen LogP contribution in [0.1, 0.15) is 41.4 Å². The second-order valence-electron chi connectivity index (χ2n) is 4.95. The highest BCUT2D eigenvalue weighted by Gasteiger charge is 2.43. The molecule has 0 unspecified atom stereocenters. The van der Waals surface area contributed by atoms with Crippen LogP contribution in [0.25, 0.3) is 0 Å². The number of Topliss-reactive ketones (excluding diaryl/α,β-unsaturated/α-hetero) is 1. The Morgan fingerprint density at radius 1 is 1.42 bits per heavy atom. The molecule has 0 spiro atoms. The van der Waals surface area contributed by atoms with Crippen LogP contribution in [0, 0.1) is 0 Å². The zero-order valence-electron chi connectivity index (χ0n) is 10.5. The first-order valence-electron chi connectivity index (χ1n) is 6.30. The highest BCUT2D eigenvalue weighted by molar-refractivity contribution is 5.97. The summed E-state index contributed by atoms with van der Waals surface area (Å²) < 4.78 is 1.43. The lowest BCUT2D eigenvalue weighted by atomic mass is 9.84. The Bertz CT molecular complexity index is 661. The summed E-state index contributed by atoms with van der Waals surface area (Å²) in [5.41, 5.74) is -1.05. The molecule has 6 nitrogen and oxygen atoms in total. The molecule has 1 atom stereocenters. The maximum Gasteiger partial charge on any atom is 0.256 e. The number of carbonyl (C=O) groups is 2. The molecule has 6 heteroatoms. The van der Waals surface area contributed by atoms with E-state index in [1.165, 1.54) is 10.6 Å². The van der Waals surface area contributed by atoms with E-state index in [-0.39, 0.29) is 29.9 Å². The summed E-state index contributed by atoms with van der Waals surface area (Å²) in [5.74, 6) is -0.637. The summed E-state index contributed by atoms with van der Waals surface area (Å²) >= 11 is 0. The predicted octanol–water partition coefficient (Wildman–Crippen LogP) is -0.338. The number of carbonyl (C=O) groups excluding carboxylic acids is 2. The Morgan fingerprint density at radius 3 is 2.84 bits per heavy atom. The van der Waals surface area contributed by atoms with Crippen molar-refractivity contribution < 1.29 is 14.7 Å². The second-order valence-corrected chi connectivity index (χ2v) is 4.95. The largest absolute Gasteiger partial charge is 0.375 e. The summed E-state index contributed by atoms with van der Waals surface area (Å²) in [6.07, 6.45) is 0.451. The summed E-state index contributed by atoms with van der Waals surface area (Å²) in [6, 6.07) is 1.51. The number of ketones is 1. The molecule has 1 amide bonds. The molecule has 3 rings (SSSR count). The Kier molecular flexibility index (Phi) is 2.40. The van der Waals surface area contributed by atoms with Gasteiger partial charge in [0.1, 0.15) is 0 Å². The molecular weight excluding hydrogens is 248 g/mol. The fourth-order valence-electron chi connectivity index (χ4n) is 2.81. The van der Waals surface area contributed by atoms with Crippen molar-refractivity contribution in [1.29, 1.82) is 0 Å². The van der Waals surface area contributed by atoms with Crippen LogP contribution in [0.5, 0.6) is 0 Å². The van der Waals surface area contributed by atoms with Crippen LogP contribution in [0.15, 0.2) is 10.9 Å². The zero-order chi connectivity index (χ0) is 13.8. The normalized spacial score (nSPS) is 24.9. The van der Waals surface area contributed by atoms with Gasteiger partial charge in [-0.2, -0.15) is 0 Å². The number of aromatic nitrogens is 1. The van der Waals surface area contributed by atoms with Gasteiger partial charge >= 0.3 is 0 Å². The van der Waals surface area contributed by atoms with Crippen LogP contribution >= 0.6 is 0 Å². The molecule has 3 heterocycles. The van der Waals surface area contributed by atoms with Crippen LogP contribution in [-0.2, 0) is 23.5 Å². The van der Waals surface area contributed by atoms with Crippen molar-refractivity contribution in [1.82, 2.24) is 9.88 Å². The summed E-state index contributed by atoms with van der Waals surface area (Å²) in [7, 11) is 0. The molecule has 1 aromatic rings. The van der Waals surface area contributed by atoms with Crippen molar-refractivity contribution in [3.63, 3.8) is 0 Å². The van der Waals surface area contributed by atoms with Crippen LogP contribution in [0.3, 0.4) is 0 Å². The number of rotatable bonds is 1. The molecule has 0 saturated carbocycles. The first kappa shape index (κ1) is 12.1. The van der Waals surface area contributed by atoms with Gasteiger partial charge in [0.05, 0.1) is 5.69 Å². The van der Waals surface area contributed by atoms with E-state index in [1.807, 2.05) is 0 Å². The third kappa shape index (κ3) is 1.43. The molecule has 0 aliphatic carbocycles. The quantitative estimate of drug-likeness (QED) is 0.725. The van der Waals surface area contributed by atoms with Gasteiger partial charge in [-0.1, -0.05) is 6.92 Å². The summed E-state index contributed by atoms with van der Waals surface area (Å²) in [6.45, 7) is 2.14. The van der Waals surface area contributed by atoms with Crippen LogP contribution in [0.2, 0.25) is 0 Å². The van der Waals surface area contributed by atoms with E-state index in [0.717, 1.165) is 0 Å². The number of amides is 1. The van der Waals surface area contributed by atoms with Gasteiger partial charge in [-0.3, -0.25) is 14.4 Å². The molecule has 1 aromatic heterocycles. The molecule has 0 radical (unpaired) electrons. The first-order chi connectivity index (χ1) is 8.99. The van der Waals surface area contributed by atoms with E-state index in [9.17, 15) is 19.5 Å². The third-order valence-electron chi connectivity index (χ3n) is 4.01. The molecule has 0 aromatic carbocycles. The molecule has 19 heavy (non-hydrogen) atoms. The lowest BCUT2D eigenvalue weighted by molar-refractivity contribution is -0.142. The van der Waals surface area contributed by atoms with Crippen LogP contribution in [0.4, 0.5) is 0 Å². The predicted molar refractivity (Wildman–Crippen MR) is 65.7 cm³/mol. The minimum Gasteiger partial charge on any atom is -0.375 e. The van der Waals surface area contributed by atoms with Crippen molar-refractivity contribution in [2.24, 2.45) is 0 Å². The number of nitrogens with one attached hydrogen (secondary N) is 1. The highest BCUT2D eigenvalue weighted by atomic mass is 16.3. The van der Waals surface area contributed by atoms with Gasteiger partial charge in [0.15, 0.2) is 11.4 Å². The summed E-state index contributed by atoms with van der Waals surface area (Å²) in [4.78, 5) is 35.9. The standard InChI is InChI=1S/C13H14N2O4/c1-2-13(19)8-5-9-10(16)3-4-15(9)11(17)7(8)6-14-12(13)18/h5,19H,2-4,6H2,1H3,(H,14,18)/t13-/m0/s1. The van der Waals surface area contributed by atoms with E-state index >= 15 is 0 Å². The van der Waals surface area contributed by atoms with Gasteiger partial charge in [0.25, 0.3) is 11.5 Å². The Morgan fingerprint density at radius 2 is 2.16 bits per heavy atom. The lowest BCUT2D eigenvalue weighted by Crippen LogP contribution is -2.51. The third-order valence-corrected chi connectivity index (χ3v) is 4.01. The van der Waals surface area contributed by atoms with E-state index in [1.54, 1.807) is 6.92 Å². The van der Waals surface area contributed by atoms with Gasteiger partial charge in [0.2, 0.25) is 0 Å². The molecule has 0 bridgehead atoms. The number of hydrogen-bond donors (Lipinski definition) is 2. The minimum atomic E-state index is -1.72. The SMILES string of the molecule is CC[C@@]1(O)C(=O)NCc2c1cc1n(c2=O)CCC1=O. The average Bonchev–Trinajstić information content (AvgIpc) is 2.77. The smallest absolute Gasteiger partial charge is 0.256 e. The second kappa shape index (κ2) is 3.77. The number of fused-ring (bicyclic) bond motifs is 2. The Hall–Kier alpha value is -1.95. The van der Waals surface area contributed by atoms with Crippen molar-refractivity contribution in [2.45, 2.75) is 38.5 Å². The number of nitrogens with zero attached hydrogens (tertiary/aromatic N) is 1. The highest BCUT2D eigenvalue weighted by Crippen LogP contribution is 2.32. The van der Waals surface area contributed by atoms with Crippen LogP contribution in [-0.4, -0.2) is 21.4 Å². The van der Waals surface area contributed by atoms with E-state index in [4.69, 9.17) is 0 Å². The molecule has 2 aliphatic heterocycles. The lowest BCUT2D eigenvalue weighted by Gasteiger charge is -2.32. The van der Waals surface area contributed by atoms with Crippen LogP contribution < -0.4 is 10.9 Å². The van der Waals surface area contributed by atoms with Crippen molar-refractivity contribution in [3.8, 4) is 0 Å². The Balaban J connectivity index is 2.33. The zero-order valence-corrected chi connectivity index (χ0v) is 10.5. The number of aliphatic hydroxyl groups is 1. The average molecular weight is 262 g/mol. The monoisotopic (exact) mass is 262 g/mol. The topological polar surface area (TPSA) is 88.4 Å². The van der Waals surface area contributed by atoms with E-state index in [2.05, 4.69) is 5.32 Å². The molecule has 100 valence electrons. The van der Waals surface area contributed by atoms with Gasteiger partial charge in [-0.15, -0.1) is 0 Å². The Labute approximate surface area is 109 Å². The summed E-state index contributed by atoms with van der Waals surface area (Å²) in [5, 5.41) is 13.0. The molecule has 0 saturated heterocycles. The maximum atomic E-state index is 12.3. The number of hydrogen-bond acceptors (Lipinski definition) is 4. The van der Waals surface area contributed by atoms with E-state index in [0.29, 0.717) is 24.2 Å². The van der Waals surface area contributed by atoms with E-state index < -0.39 is 11.5 Å². The molecule has 2 N–H and O–H groups in total. The first-order valence-corrected chi connectivity index (χ1v) is 6.30. The molecule has 2 aliphatic rings. The fraction of sp³-hybridized carbons (Fsp3) is 0.462. The van der Waals surface area contributed by atoms with Crippen molar-refractivity contribution in [3.05, 3.63) is 33.2 Å². The van der Waals surface area contributed by atoms with Crippen molar-refractivity contribution >= 4 is 11.7 Å². The van der Waals surface area contributed by atoms with Gasteiger partial charge < -0.3 is 15.0 Å². The molecule has 0 fully saturated rings. The van der Waals surface area contributed by atoms with Gasteiger partial charge in [0, 0.05) is 30.6 Å². The van der Waals surface area contributed by atoms with Gasteiger partial charge in [-0.25, -0.2) is 0 Å². The van der Waals surface area contributed by atoms with Crippen molar-refractivity contribution in [2.75, 3.05) is 0 Å². The minimum absolute atomic E-state index is 0.101. The number of pyridine rings is 1. The fourth-order valence-corrected chi connectivity index (χ4v) is 2.81. The van der Waals surface area contributed by atoms with Gasteiger partial charge in [-0.05, 0) is 12.5 Å².